The second-order valence-electron chi connectivity index (χ2n) is 9.05. The molecule has 0 spiro atoms. The molecule has 2 aliphatic heterocycles. The third-order valence-corrected chi connectivity index (χ3v) is 8.32. The summed E-state index contributed by atoms with van der Waals surface area (Å²) in [6.45, 7) is 2.18. The maximum Gasteiger partial charge on any atom is 0.407 e. The smallest absolute Gasteiger partial charge is 0.407 e. The molecule has 1 saturated heterocycles. The van der Waals surface area contributed by atoms with Gasteiger partial charge in [0.25, 0.3) is 5.56 Å². The lowest BCUT2D eigenvalue weighted by Crippen LogP contribution is -2.61. The van der Waals surface area contributed by atoms with Gasteiger partial charge in [0.05, 0.1) is 34.0 Å². The molecular weight excluding hydrogens is 521 g/mol. The van der Waals surface area contributed by atoms with Crippen LogP contribution < -0.4 is 10.5 Å². The summed E-state index contributed by atoms with van der Waals surface area (Å²) in [5.41, 5.74) is 4.92. The standard InChI is InChI=1S/C25H21Cl2N5O3S/c26-15-6-14-2-1-5-31(17-11-30(12-17)25(34)35)23(14)20(7-15)19-3-4-28-21-9-18(36-24(19)21)13-32-22(33)8-16(27)10-29-32/h3-4,6-10,17H,1-2,5,11-13H2,(H,34,35). The average molecular weight is 542 g/mol. The number of anilines is 1. The third-order valence-electron chi connectivity index (χ3n) is 6.75. The number of thiophene rings is 1. The summed E-state index contributed by atoms with van der Waals surface area (Å²) in [7, 11) is 0. The van der Waals surface area contributed by atoms with Crippen LogP contribution in [0, 0.1) is 0 Å². The number of halogens is 2. The van der Waals surface area contributed by atoms with Crippen LogP contribution in [0.15, 0.2) is 47.5 Å². The number of amides is 1. The van der Waals surface area contributed by atoms with Crippen molar-refractivity contribution in [3.8, 4) is 11.1 Å². The maximum atomic E-state index is 12.3. The number of pyridine rings is 1. The van der Waals surface area contributed by atoms with Crippen LogP contribution in [0.1, 0.15) is 16.9 Å². The van der Waals surface area contributed by atoms with Gasteiger partial charge in [0.15, 0.2) is 0 Å². The van der Waals surface area contributed by atoms with Crippen molar-refractivity contribution in [1.29, 1.82) is 0 Å². The van der Waals surface area contributed by atoms with Crippen LogP contribution in [-0.4, -0.2) is 56.5 Å². The van der Waals surface area contributed by atoms with Gasteiger partial charge in [-0.1, -0.05) is 23.2 Å². The molecule has 1 fully saturated rings. The van der Waals surface area contributed by atoms with Gasteiger partial charge in [0.2, 0.25) is 0 Å². The van der Waals surface area contributed by atoms with E-state index in [9.17, 15) is 14.7 Å². The zero-order valence-corrected chi connectivity index (χ0v) is 21.4. The van der Waals surface area contributed by atoms with E-state index in [1.165, 1.54) is 27.4 Å². The minimum absolute atomic E-state index is 0.138. The van der Waals surface area contributed by atoms with Gasteiger partial charge >= 0.3 is 6.09 Å². The van der Waals surface area contributed by atoms with Gasteiger partial charge in [0.1, 0.15) is 0 Å². The summed E-state index contributed by atoms with van der Waals surface area (Å²) < 4.78 is 2.38. The minimum Gasteiger partial charge on any atom is -0.465 e. The molecule has 0 bridgehead atoms. The first kappa shape index (κ1) is 23.3. The molecule has 2 aliphatic rings. The lowest BCUT2D eigenvalue weighted by atomic mass is 9.91. The highest BCUT2D eigenvalue weighted by molar-refractivity contribution is 7.19. The highest BCUT2D eigenvalue weighted by Crippen LogP contribution is 2.44. The van der Waals surface area contributed by atoms with Gasteiger partial charge < -0.3 is 14.9 Å². The Morgan fingerprint density at radius 3 is 2.75 bits per heavy atom. The van der Waals surface area contributed by atoms with Crippen LogP contribution in [0.25, 0.3) is 21.3 Å². The number of aromatic nitrogens is 3. The summed E-state index contributed by atoms with van der Waals surface area (Å²) in [6, 6.07) is 9.49. The Morgan fingerprint density at radius 1 is 1.14 bits per heavy atom. The number of nitrogens with zero attached hydrogens (tertiary/aromatic N) is 5. The first-order valence-corrected chi connectivity index (χ1v) is 13.1. The molecule has 0 radical (unpaired) electrons. The lowest BCUT2D eigenvalue weighted by Gasteiger charge is -2.47. The van der Waals surface area contributed by atoms with E-state index in [2.05, 4.69) is 15.0 Å². The largest absolute Gasteiger partial charge is 0.465 e. The van der Waals surface area contributed by atoms with E-state index in [-0.39, 0.29) is 11.6 Å². The molecule has 8 nitrogen and oxygen atoms in total. The minimum atomic E-state index is -0.879. The molecular formula is C25H21Cl2N5O3S. The Bertz CT molecular complexity index is 1560. The molecule has 1 N–H and O–H groups in total. The number of aryl methyl sites for hydroxylation is 1. The maximum absolute atomic E-state index is 12.3. The monoisotopic (exact) mass is 541 g/mol. The van der Waals surface area contributed by atoms with Gasteiger partial charge in [-0.25, -0.2) is 9.48 Å². The van der Waals surface area contributed by atoms with Crippen molar-refractivity contribution in [2.24, 2.45) is 0 Å². The summed E-state index contributed by atoms with van der Waals surface area (Å²) >= 11 is 14.1. The predicted octanol–water partition coefficient (Wildman–Crippen LogP) is 4.99. The second kappa shape index (κ2) is 9.06. The first-order chi connectivity index (χ1) is 17.4. The van der Waals surface area contributed by atoms with Crippen molar-refractivity contribution < 1.29 is 9.90 Å². The van der Waals surface area contributed by atoms with Gasteiger partial charge in [-0.05, 0) is 42.7 Å². The Hall–Kier alpha value is -3.14. The number of hydrogen-bond acceptors (Lipinski definition) is 6. The van der Waals surface area contributed by atoms with Crippen LogP contribution in [0.5, 0.6) is 0 Å². The Balaban J connectivity index is 1.43. The first-order valence-electron chi connectivity index (χ1n) is 11.5. The zero-order chi connectivity index (χ0) is 25.0. The van der Waals surface area contributed by atoms with Gasteiger partial charge in [-0.2, -0.15) is 5.10 Å². The number of rotatable bonds is 4. The highest BCUT2D eigenvalue weighted by atomic mass is 35.5. The molecule has 0 atom stereocenters. The van der Waals surface area contributed by atoms with Crippen molar-refractivity contribution in [3.05, 3.63) is 73.6 Å². The third kappa shape index (κ3) is 4.11. The van der Waals surface area contributed by atoms with Crippen LogP contribution >= 0.6 is 34.5 Å². The Morgan fingerprint density at radius 2 is 1.97 bits per heavy atom. The molecule has 1 aromatic carbocycles. The van der Waals surface area contributed by atoms with E-state index in [1.54, 1.807) is 17.5 Å². The van der Waals surface area contributed by atoms with Gasteiger partial charge in [-0.15, -0.1) is 11.3 Å². The van der Waals surface area contributed by atoms with Crippen molar-refractivity contribution in [2.45, 2.75) is 25.4 Å². The molecule has 0 unspecified atom stereocenters. The fourth-order valence-electron chi connectivity index (χ4n) is 5.07. The number of carbonyl (C=O) groups is 1. The van der Waals surface area contributed by atoms with Crippen LogP contribution in [0.4, 0.5) is 10.5 Å². The average Bonchev–Trinajstić information content (AvgIpc) is 3.22. The van der Waals surface area contributed by atoms with Crippen LogP contribution in [-0.2, 0) is 13.0 Å². The fraction of sp³-hybridized carbons (Fsp3) is 0.280. The van der Waals surface area contributed by atoms with Crippen molar-refractivity contribution in [2.75, 3.05) is 24.5 Å². The number of carboxylic acid groups (broad SMARTS) is 1. The number of likely N-dealkylation sites (tertiary alicyclic amines) is 1. The summed E-state index contributed by atoms with van der Waals surface area (Å²) in [4.78, 5) is 33.0. The number of benzene rings is 1. The predicted molar refractivity (Wildman–Crippen MR) is 142 cm³/mol. The van der Waals surface area contributed by atoms with Crippen molar-refractivity contribution >= 4 is 56.5 Å². The van der Waals surface area contributed by atoms with E-state index in [0.29, 0.717) is 29.7 Å². The van der Waals surface area contributed by atoms with E-state index in [0.717, 1.165) is 51.3 Å². The molecule has 184 valence electrons. The number of fused-ring (bicyclic) bond motifs is 2. The SMILES string of the molecule is O=C(O)N1CC(N2CCCc3cc(Cl)cc(-c4ccnc5cc(Cn6ncc(Cl)cc6=O)sc45)c32)C1. The van der Waals surface area contributed by atoms with E-state index >= 15 is 0 Å². The quantitative estimate of drug-likeness (QED) is 0.391. The van der Waals surface area contributed by atoms with Crippen LogP contribution in [0.3, 0.4) is 0 Å². The summed E-state index contributed by atoms with van der Waals surface area (Å²) in [6.07, 6.45) is 4.28. The Kier molecular flexibility index (Phi) is 5.86. The molecule has 5 heterocycles. The molecule has 6 rings (SSSR count). The van der Waals surface area contributed by atoms with Crippen LogP contribution in [0.2, 0.25) is 10.0 Å². The Labute approximate surface area is 220 Å². The zero-order valence-electron chi connectivity index (χ0n) is 19.0. The molecule has 36 heavy (non-hydrogen) atoms. The van der Waals surface area contributed by atoms with E-state index < -0.39 is 6.09 Å². The normalized spacial score (nSPS) is 15.7. The van der Waals surface area contributed by atoms with Crippen molar-refractivity contribution in [1.82, 2.24) is 19.7 Å². The highest BCUT2D eigenvalue weighted by Gasteiger charge is 2.37. The summed E-state index contributed by atoms with van der Waals surface area (Å²) in [5.74, 6) is 0. The molecule has 3 aromatic heterocycles. The molecule has 11 heteroatoms. The topological polar surface area (TPSA) is 91.6 Å². The molecule has 4 aromatic rings. The molecule has 0 aliphatic carbocycles. The molecule has 0 saturated carbocycles. The van der Waals surface area contributed by atoms with Crippen molar-refractivity contribution in [3.63, 3.8) is 0 Å². The van der Waals surface area contributed by atoms with E-state index in [1.807, 2.05) is 24.3 Å². The number of hydrogen-bond donors (Lipinski definition) is 1. The van der Waals surface area contributed by atoms with Gasteiger partial charge in [-0.3, -0.25) is 9.78 Å². The van der Waals surface area contributed by atoms with Gasteiger partial charge in [0, 0.05) is 58.6 Å². The second-order valence-corrected chi connectivity index (χ2v) is 11.1. The summed E-state index contributed by atoms with van der Waals surface area (Å²) in [5, 5.41) is 14.4. The lowest BCUT2D eigenvalue weighted by molar-refractivity contribution is 0.104. The molecule has 1 amide bonds. The van der Waals surface area contributed by atoms with E-state index in [4.69, 9.17) is 23.2 Å². The fourth-order valence-corrected chi connectivity index (χ4v) is 6.57.